The van der Waals surface area contributed by atoms with E-state index in [2.05, 4.69) is 4.99 Å². The fourth-order valence-electron chi connectivity index (χ4n) is 3.87. The number of carbonyl (C=O) groups is 1. The van der Waals surface area contributed by atoms with E-state index in [1.165, 1.54) is 22.7 Å². The minimum atomic E-state index is -0.601. The quantitative estimate of drug-likeness (QED) is 0.314. The number of esters is 1. The molecule has 178 valence electrons. The Kier molecular flexibility index (Phi) is 6.55. The number of benzene rings is 1. The van der Waals surface area contributed by atoms with E-state index in [1.807, 2.05) is 23.6 Å². The van der Waals surface area contributed by atoms with Gasteiger partial charge in [0.15, 0.2) is 4.80 Å². The first-order chi connectivity index (χ1) is 16.9. The number of furan rings is 1. The van der Waals surface area contributed by atoms with Crippen molar-refractivity contribution in [2.24, 2.45) is 4.99 Å². The molecule has 4 heterocycles. The summed E-state index contributed by atoms with van der Waals surface area (Å²) >= 11 is 14.9. The van der Waals surface area contributed by atoms with Crippen LogP contribution in [0, 0.1) is 0 Å². The minimum absolute atomic E-state index is 0.233. The van der Waals surface area contributed by atoms with Crippen molar-refractivity contribution in [2.75, 3.05) is 6.61 Å². The number of hydrogen-bond acceptors (Lipinski definition) is 7. The van der Waals surface area contributed by atoms with Crippen molar-refractivity contribution in [1.29, 1.82) is 0 Å². The van der Waals surface area contributed by atoms with Crippen LogP contribution in [0.3, 0.4) is 0 Å². The van der Waals surface area contributed by atoms with Crippen molar-refractivity contribution in [1.82, 2.24) is 4.57 Å². The van der Waals surface area contributed by atoms with E-state index in [-0.39, 0.29) is 12.2 Å². The molecule has 3 aromatic heterocycles. The molecule has 0 amide bonds. The third-order valence-corrected chi connectivity index (χ3v) is 8.08. The molecule has 10 heteroatoms. The summed E-state index contributed by atoms with van der Waals surface area (Å²) in [4.78, 5) is 32.3. The lowest BCUT2D eigenvalue weighted by molar-refractivity contribution is -0.139. The van der Waals surface area contributed by atoms with Crippen LogP contribution in [0.25, 0.3) is 17.4 Å². The maximum Gasteiger partial charge on any atom is 0.338 e. The number of aromatic nitrogens is 1. The molecule has 6 nitrogen and oxygen atoms in total. The van der Waals surface area contributed by atoms with E-state index >= 15 is 0 Å². The van der Waals surface area contributed by atoms with Crippen molar-refractivity contribution < 1.29 is 13.9 Å². The van der Waals surface area contributed by atoms with E-state index < -0.39 is 12.0 Å². The molecule has 1 atom stereocenters. The topological polar surface area (TPSA) is 73.8 Å². The van der Waals surface area contributed by atoms with Gasteiger partial charge in [-0.15, -0.1) is 11.3 Å². The average Bonchev–Trinajstić information content (AvgIpc) is 3.57. The van der Waals surface area contributed by atoms with E-state index in [0.29, 0.717) is 42.2 Å². The minimum Gasteiger partial charge on any atom is -0.463 e. The van der Waals surface area contributed by atoms with E-state index in [4.69, 9.17) is 32.4 Å². The largest absolute Gasteiger partial charge is 0.463 e. The Bertz CT molecular complexity index is 1640. The van der Waals surface area contributed by atoms with Crippen LogP contribution in [0.2, 0.25) is 10.0 Å². The molecule has 1 aliphatic rings. The summed E-state index contributed by atoms with van der Waals surface area (Å²) in [5, 5.41) is 2.80. The zero-order valence-corrected chi connectivity index (χ0v) is 21.7. The number of thiazole rings is 1. The smallest absolute Gasteiger partial charge is 0.338 e. The molecule has 35 heavy (non-hydrogen) atoms. The van der Waals surface area contributed by atoms with Crippen molar-refractivity contribution in [2.45, 2.75) is 19.9 Å². The van der Waals surface area contributed by atoms with Crippen LogP contribution in [-0.2, 0) is 9.53 Å². The molecule has 1 aromatic carbocycles. The highest BCUT2D eigenvalue weighted by Gasteiger charge is 2.33. The molecule has 0 fully saturated rings. The van der Waals surface area contributed by atoms with Crippen molar-refractivity contribution in [3.63, 3.8) is 0 Å². The first kappa shape index (κ1) is 23.8. The number of ether oxygens (including phenoxy) is 1. The van der Waals surface area contributed by atoms with E-state index in [1.54, 1.807) is 48.8 Å². The van der Waals surface area contributed by atoms with Gasteiger partial charge in [0.2, 0.25) is 0 Å². The second-order valence-electron chi connectivity index (χ2n) is 7.65. The van der Waals surface area contributed by atoms with Gasteiger partial charge in [0, 0.05) is 16.5 Å². The van der Waals surface area contributed by atoms with E-state index in [9.17, 15) is 9.59 Å². The fourth-order valence-corrected chi connectivity index (χ4v) is 6.02. The highest BCUT2D eigenvalue weighted by atomic mass is 35.5. The lowest BCUT2D eigenvalue weighted by Gasteiger charge is -2.23. The zero-order chi connectivity index (χ0) is 24.7. The Morgan fingerprint density at radius 3 is 2.77 bits per heavy atom. The summed E-state index contributed by atoms with van der Waals surface area (Å²) in [6.45, 7) is 3.75. The predicted octanol–water partition coefficient (Wildman–Crippen LogP) is 5.43. The molecule has 0 radical (unpaired) electrons. The lowest BCUT2D eigenvalue weighted by atomic mass is 10.0. The fraction of sp³-hybridized carbons (Fsp3) is 0.160. The molecule has 0 bridgehead atoms. The van der Waals surface area contributed by atoms with Crippen LogP contribution in [0.1, 0.15) is 30.5 Å². The molecule has 0 N–H and O–H groups in total. The third-order valence-electron chi connectivity index (χ3n) is 5.43. The van der Waals surface area contributed by atoms with Crippen LogP contribution >= 0.6 is 45.9 Å². The Morgan fingerprint density at radius 1 is 1.23 bits per heavy atom. The maximum atomic E-state index is 13.6. The highest BCUT2D eigenvalue weighted by Crippen LogP contribution is 2.33. The Labute approximate surface area is 218 Å². The van der Waals surface area contributed by atoms with Gasteiger partial charge in [-0.3, -0.25) is 9.36 Å². The number of thiophene rings is 1. The summed E-state index contributed by atoms with van der Waals surface area (Å²) in [6, 6.07) is 12.0. The summed E-state index contributed by atoms with van der Waals surface area (Å²) < 4.78 is 13.3. The molecule has 1 unspecified atom stereocenters. The molecule has 0 saturated heterocycles. The predicted molar refractivity (Wildman–Crippen MR) is 139 cm³/mol. The SMILES string of the molecule is CCOC(=O)C1=C(C)N=c2s/c(=C/c3ccc(-c4ccc(Cl)c(Cl)c4)o3)c(=O)n2C1c1cccs1. The van der Waals surface area contributed by atoms with Gasteiger partial charge in [-0.2, -0.15) is 0 Å². The van der Waals surface area contributed by atoms with Gasteiger partial charge in [-0.25, -0.2) is 9.79 Å². The molecule has 0 saturated carbocycles. The monoisotopic (exact) mass is 544 g/mol. The van der Waals surface area contributed by atoms with Crippen LogP contribution in [-0.4, -0.2) is 17.1 Å². The van der Waals surface area contributed by atoms with Gasteiger partial charge in [-0.1, -0.05) is 40.6 Å². The number of carbonyl (C=O) groups excluding carboxylic acids is 1. The number of halogens is 2. The molecular formula is C25H18Cl2N2O4S2. The second-order valence-corrected chi connectivity index (χ2v) is 10.5. The van der Waals surface area contributed by atoms with Gasteiger partial charge < -0.3 is 9.15 Å². The van der Waals surface area contributed by atoms with Gasteiger partial charge in [0.1, 0.15) is 17.6 Å². The number of nitrogens with zero attached hydrogens (tertiary/aromatic N) is 2. The number of hydrogen-bond donors (Lipinski definition) is 0. The summed E-state index contributed by atoms with van der Waals surface area (Å²) in [7, 11) is 0. The summed E-state index contributed by atoms with van der Waals surface area (Å²) in [5.74, 6) is 0.628. The standard InChI is InChI=1S/C25H18Cl2N2O4S2/c1-3-32-24(31)21-13(2)28-25-29(22(21)19-5-4-10-34-19)23(30)20(35-25)12-15-7-9-18(33-15)14-6-8-16(26)17(27)11-14/h4-12,22H,3H2,1-2H3/b20-12+. The average molecular weight is 545 g/mol. The third kappa shape index (κ3) is 4.43. The van der Waals surface area contributed by atoms with Crippen LogP contribution in [0.4, 0.5) is 0 Å². The first-order valence-electron chi connectivity index (χ1n) is 10.7. The Morgan fingerprint density at radius 2 is 2.06 bits per heavy atom. The summed E-state index contributed by atoms with van der Waals surface area (Å²) in [6.07, 6.45) is 1.68. The lowest BCUT2D eigenvalue weighted by Crippen LogP contribution is -2.39. The van der Waals surface area contributed by atoms with Crippen LogP contribution in [0.5, 0.6) is 0 Å². The van der Waals surface area contributed by atoms with Crippen LogP contribution < -0.4 is 14.9 Å². The van der Waals surface area contributed by atoms with E-state index in [0.717, 1.165) is 10.4 Å². The molecule has 5 rings (SSSR count). The molecule has 0 spiro atoms. The molecule has 4 aromatic rings. The van der Waals surface area contributed by atoms with Gasteiger partial charge in [0.25, 0.3) is 5.56 Å². The van der Waals surface area contributed by atoms with Gasteiger partial charge in [0.05, 0.1) is 32.5 Å². The normalized spacial score (nSPS) is 15.8. The number of allylic oxidation sites excluding steroid dienone is 1. The van der Waals surface area contributed by atoms with Gasteiger partial charge in [-0.05, 0) is 55.6 Å². The van der Waals surface area contributed by atoms with Crippen molar-refractivity contribution in [3.8, 4) is 11.3 Å². The zero-order valence-electron chi connectivity index (χ0n) is 18.6. The first-order valence-corrected chi connectivity index (χ1v) is 13.1. The maximum absolute atomic E-state index is 13.6. The van der Waals surface area contributed by atoms with Gasteiger partial charge >= 0.3 is 5.97 Å². The molecular weight excluding hydrogens is 527 g/mol. The Balaban J connectivity index is 1.61. The molecule has 1 aliphatic heterocycles. The summed E-state index contributed by atoms with van der Waals surface area (Å²) in [5.41, 5.74) is 1.42. The highest BCUT2D eigenvalue weighted by molar-refractivity contribution is 7.10. The molecule has 0 aliphatic carbocycles. The van der Waals surface area contributed by atoms with Crippen molar-refractivity contribution in [3.05, 3.63) is 99.5 Å². The van der Waals surface area contributed by atoms with Crippen molar-refractivity contribution >= 4 is 57.9 Å². The second kappa shape index (κ2) is 9.62. The number of fused-ring (bicyclic) bond motifs is 1. The van der Waals surface area contributed by atoms with Crippen LogP contribution in [0.15, 0.2) is 73.3 Å². The Hall–Kier alpha value is -2.91. The number of rotatable bonds is 5.